The lowest BCUT2D eigenvalue weighted by molar-refractivity contribution is -0.283. The van der Waals surface area contributed by atoms with Crippen LogP contribution in [-0.4, -0.2) is 72.6 Å². The molecule has 5 aliphatic carbocycles. The smallest absolute Gasteiger partial charge is 0.335 e. The number of aliphatic hydroxyl groups is 3. The molecule has 9 nitrogen and oxygen atoms in total. The van der Waals surface area contributed by atoms with Crippen LogP contribution in [0.3, 0.4) is 0 Å². The van der Waals surface area contributed by atoms with Crippen LogP contribution in [0.25, 0.3) is 10.9 Å². The van der Waals surface area contributed by atoms with Crippen LogP contribution in [0.4, 0.5) is 0 Å². The van der Waals surface area contributed by atoms with Gasteiger partial charge in [0, 0.05) is 55.8 Å². The number of carboxylic acid groups (broad SMARTS) is 1. The Morgan fingerprint density at radius 1 is 1.13 bits per heavy atom. The first-order valence-corrected chi connectivity index (χ1v) is 16.9. The minimum atomic E-state index is -1.40. The molecule has 1 aromatic heterocycles. The van der Waals surface area contributed by atoms with Gasteiger partial charge >= 0.3 is 5.97 Å². The first kappa shape index (κ1) is 28.1. The van der Waals surface area contributed by atoms with Crippen molar-refractivity contribution in [2.75, 3.05) is 0 Å². The first-order chi connectivity index (χ1) is 21.1. The maximum Gasteiger partial charge on any atom is 0.335 e. The Balaban J connectivity index is 1.21. The van der Waals surface area contributed by atoms with Crippen molar-refractivity contribution < 1.29 is 39.4 Å². The number of aromatic nitrogens is 1. The van der Waals surface area contributed by atoms with E-state index in [1.807, 2.05) is 6.07 Å². The molecule has 240 valence electrons. The van der Waals surface area contributed by atoms with Crippen LogP contribution in [0.15, 0.2) is 18.2 Å². The average molecular weight is 638 g/mol. The van der Waals surface area contributed by atoms with Gasteiger partial charge in [0.15, 0.2) is 11.7 Å². The second-order valence-electron chi connectivity index (χ2n) is 16.5. The van der Waals surface area contributed by atoms with E-state index >= 15 is 0 Å². The van der Waals surface area contributed by atoms with Crippen molar-refractivity contribution in [3.8, 4) is 0 Å². The molecular weight excluding hydrogens is 598 g/mol. The third-order valence-corrected chi connectivity index (χ3v) is 15.3. The van der Waals surface area contributed by atoms with Gasteiger partial charge in [-0.15, -0.1) is 0 Å². The van der Waals surface area contributed by atoms with Crippen LogP contribution in [-0.2, 0) is 36.4 Å². The van der Waals surface area contributed by atoms with Crippen molar-refractivity contribution >= 4 is 28.5 Å². The van der Waals surface area contributed by atoms with Crippen LogP contribution in [0.2, 0.25) is 5.02 Å². The standard InChI is InChI=1S/C35H40ClNO8/c1-13-10-14-17(36)12-18-21-22-25(44-30(2,3)19-11-16(13)34(19,42)23(14)21)15-6-9-33(41)31(4,32(15,5)27(22)37-18)8-7-20-35(33)28(45-35)24(38)26(43-20)29(39)40/h12,15-16,19-20,24-26,28,37-38,41-42H,1,6-11H2,2-5H3,(H,39,40)/t15-,16+,19+,20-,24-,25-,26-,28+,31+,32+,33-,34+,35-/m0/s1. The molecule has 1 spiro atoms. The van der Waals surface area contributed by atoms with Gasteiger partial charge in [0.1, 0.15) is 23.4 Å². The maximum absolute atomic E-state index is 13.1. The number of aliphatic hydroxyl groups excluding tert-OH is 1. The van der Waals surface area contributed by atoms with E-state index in [0.717, 1.165) is 45.3 Å². The van der Waals surface area contributed by atoms with Gasteiger partial charge in [-0.05, 0) is 69.6 Å². The van der Waals surface area contributed by atoms with Crippen LogP contribution in [0.5, 0.6) is 0 Å². The number of epoxide rings is 1. The van der Waals surface area contributed by atoms with Crippen molar-refractivity contribution in [1.29, 1.82) is 0 Å². The van der Waals surface area contributed by atoms with E-state index in [1.54, 1.807) is 0 Å². The molecule has 0 bridgehead atoms. The molecule has 10 heteroatoms. The van der Waals surface area contributed by atoms with E-state index in [2.05, 4.69) is 39.3 Å². The number of hydrogen-bond donors (Lipinski definition) is 5. The maximum atomic E-state index is 13.1. The normalized spacial score (nSPS) is 52.5. The summed E-state index contributed by atoms with van der Waals surface area (Å²) in [5, 5.41) is 48.3. The predicted octanol–water partition coefficient (Wildman–Crippen LogP) is 4.17. The summed E-state index contributed by atoms with van der Waals surface area (Å²) in [5.41, 5.74) is 0.0622. The highest BCUT2D eigenvalue weighted by Gasteiger charge is 2.87. The fourth-order valence-corrected chi connectivity index (χ4v) is 13.0. The molecule has 3 saturated carbocycles. The zero-order valence-electron chi connectivity index (χ0n) is 25.9. The highest BCUT2D eigenvalue weighted by atomic mass is 35.5. The number of halogens is 1. The molecular formula is C35H40ClNO8. The molecule has 0 unspecified atom stereocenters. The zero-order valence-corrected chi connectivity index (χ0v) is 26.7. The Labute approximate surface area is 265 Å². The number of H-pyrrole nitrogens is 1. The average Bonchev–Trinajstić information content (AvgIpc) is 3.55. The number of aromatic amines is 1. The molecule has 5 fully saturated rings. The molecule has 0 amide bonds. The summed E-state index contributed by atoms with van der Waals surface area (Å²) >= 11 is 7.02. The largest absolute Gasteiger partial charge is 0.479 e. The quantitative estimate of drug-likeness (QED) is 0.232. The summed E-state index contributed by atoms with van der Waals surface area (Å²) in [4.78, 5) is 15.7. The zero-order chi connectivity index (χ0) is 31.6. The van der Waals surface area contributed by atoms with Crippen LogP contribution in [0.1, 0.15) is 88.3 Å². The van der Waals surface area contributed by atoms with Gasteiger partial charge in [0.25, 0.3) is 0 Å². The van der Waals surface area contributed by atoms with Gasteiger partial charge in [-0.2, -0.15) is 0 Å². The number of aliphatic carboxylic acids is 1. The van der Waals surface area contributed by atoms with E-state index in [4.69, 9.17) is 25.8 Å². The highest BCUT2D eigenvalue weighted by Crippen LogP contribution is 2.78. The minimum Gasteiger partial charge on any atom is -0.479 e. The third-order valence-electron chi connectivity index (χ3n) is 15.0. The Morgan fingerprint density at radius 2 is 1.89 bits per heavy atom. The molecule has 5 N–H and O–H groups in total. The summed E-state index contributed by atoms with van der Waals surface area (Å²) in [7, 11) is 0. The molecule has 45 heavy (non-hydrogen) atoms. The van der Waals surface area contributed by atoms with E-state index in [0.29, 0.717) is 37.1 Å². The van der Waals surface area contributed by atoms with Crippen LogP contribution < -0.4 is 0 Å². The number of fused-ring (bicyclic) bond motifs is 5. The van der Waals surface area contributed by atoms with Crippen LogP contribution >= 0.6 is 11.6 Å². The fourth-order valence-electron chi connectivity index (χ4n) is 12.7. The summed E-state index contributed by atoms with van der Waals surface area (Å²) in [6, 6.07) is 1.98. The molecule has 4 heterocycles. The van der Waals surface area contributed by atoms with Crippen molar-refractivity contribution in [2.45, 2.75) is 125 Å². The van der Waals surface area contributed by atoms with Crippen molar-refractivity contribution in [3.63, 3.8) is 0 Å². The number of hydrogen-bond acceptors (Lipinski definition) is 7. The second kappa shape index (κ2) is 7.67. The Bertz CT molecular complexity index is 1800. The number of carbonyl (C=O) groups is 1. The number of rotatable bonds is 1. The molecule has 3 aliphatic heterocycles. The van der Waals surface area contributed by atoms with Crippen molar-refractivity contribution in [1.82, 2.24) is 4.98 Å². The molecule has 1 aromatic carbocycles. The number of ether oxygens (including phenoxy) is 3. The summed E-state index contributed by atoms with van der Waals surface area (Å²) in [6.07, 6.45) is -0.943. The van der Waals surface area contributed by atoms with E-state index in [-0.39, 0.29) is 23.9 Å². The summed E-state index contributed by atoms with van der Waals surface area (Å²) in [6.45, 7) is 13.0. The predicted molar refractivity (Wildman–Crippen MR) is 162 cm³/mol. The van der Waals surface area contributed by atoms with Gasteiger partial charge in [0.05, 0.1) is 17.8 Å². The SMILES string of the molecule is C=C1Cc2c(Cl)cc3[nH]c4c5c3c2[C@@]2(O)[C@@H]1C[C@@H]2C(C)(C)O[C@H]5[C@@H]1CC[C@@]2(O)[C@@]35O[C@@H]3[C@@H](O)[C@@H](C(=O)O)O[C@H]5CC[C@]2(C)[C@@]41C. The molecule has 2 saturated heterocycles. The monoisotopic (exact) mass is 637 g/mol. The molecule has 0 radical (unpaired) electrons. The number of carboxylic acids is 1. The lowest BCUT2D eigenvalue weighted by atomic mass is 9.40. The Hall–Kier alpha value is -1.98. The lowest BCUT2D eigenvalue weighted by Crippen LogP contribution is -2.76. The van der Waals surface area contributed by atoms with Crippen molar-refractivity contribution in [3.05, 3.63) is 45.6 Å². The molecule has 8 aliphatic rings. The number of nitrogens with one attached hydrogen (secondary N) is 1. The van der Waals surface area contributed by atoms with E-state index < -0.39 is 63.6 Å². The van der Waals surface area contributed by atoms with Gasteiger partial charge < -0.3 is 39.6 Å². The van der Waals surface area contributed by atoms with Gasteiger partial charge in [-0.25, -0.2) is 4.79 Å². The van der Waals surface area contributed by atoms with Gasteiger partial charge in [0.2, 0.25) is 0 Å². The lowest BCUT2D eigenvalue weighted by Gasteiger charge is -2.66. The topological polar surface area (TPSA) is 145 Å². The van der Waals surface area contributed by atoms with Crippen LogP contribution in [0, 0.1) is 23.2 Å². The Morgan fingerprint density at radius 3 is 2.62 bits per heavy atom. The highest BCUT2D eigenvalue weighted by molar-refractivity contribution is 6.32. The molecule has 10 rings (SSSR count). The minimum absolute atomic E-state index is 0.0194. The molecule has 13 atom stereocenters. The van der Waals surface area contributed by atoms with Crippen molar-refractivity contribution in [2.24, 2.45) is 23.2 Å². The summed E-state index contributed by atoms with van der Waals surface area (Å²) < 4.78 is 19.6. The third kappa shape index (κ3) is 2.60. The number of benzene rings is 1. The van der Waals surface area contributed by atoms with E-state index in [9.17, 15) is 25.2 Å². The fraction of sp³-hybridized carbons (Fsp3) is 0.686. The first-order valence-electron chi connectivity index (χ1n) is 16.5. The van der Waals surface area contributed by atoms with Gasteiger partial charge in [-0.1, -0.05) is 37.6 Å². The Kier molecular flexibility index (Phi) is 4.78. The second-order valence-corrected chi connectivity index (χ2v) is 16.9. The summed E-state index contributed by atoms with van der Waals surface area (Å²) in [5.74, 6) is -1.40. The van der Waals surface area contributed by atoms with E-state index in [1.165, 1.54) is 0 Å². The van der Waals surface area contributed by atoms with Gasteiger partial charge in [-0.3, -0.25) is 0 Å². The molecule has 2 aromatic rings.